The topological polar surface area (TPSA) is 82.5 Å². The average molecular weight is 496 g/mol. The molecule has 3 aromatic carbocycles. The Hall–Kier alpha value is -3.49. The van der Waals surface area contributed by atoms with Gasteiger partial charge in [0.15, 0.2) is 5.16 Å². The van der Waals surface area contributed by atoms with Crippen LogP contribution in [0.3, 0.4) is 0 Å². The first kappa shape index (κ1) is 23.7. The summed E-state index contributed by atoms with van der Waals surface area (Å²) >= 11 is 7.19. The van der Waals surface area contributed by atoms with Gasteiger partial charge in [0.25, 0.3) is 5.56 Å². The summed E-state index contributed by atoms with van der Waals surface area (Å²) in [4.78, 5) is 30.6. The van der Waals surface area contributed by atoms with Crippen molar-refractivity contribution in [3.63, 3.8) is 0 Å². The fourth-order valence-electron chi connectivity index (χ4n) is 3.39. The minimum atomic E-state index is -0.256. The second kappa shape index (κ2) is 10.6. The van der Waals surface area contributed by atoms with E-state index in [1.54, 1.807) is 60.2 Å². The number of halogens is 1. The number of carbonyl (C=O) groups is 1. The third-order valence-corrected chi connectivity index (χ3v) is 6.32. The van der Waals surface area contributed by atoms with Gasteiger partial charge in [-0.15, -0.1) is 0 Å². The summed E-state index contributed by atoms with van der Waals surface area (Å²) in [5.41, 5.74) is 1.84. The predicted molar refractivity (Wildman–Crippen MR) is 135 cm³/mol. The fraction of sp³-hybridized carbons (Fsp3) is 0.160. The molecule has 0 aliphatic heterocycles. The number of hydrogen-bond acceptors (Lipinski definition) is 6. The van der Waals surface area contributed by atoms with Gasteiger partial charge in [-0.1, -0.05) is 47.6 Å². The number of nitrogens with zero attached hydrogens (tertiary/aromatic N) is 2. The van der Waals surface area contributed by atoms with E-state index in [0.717, 1.165) is 5.56 Å². The number of fused-ring (bicyclic) bond motifs is 1. The lowest BCUT2D eigenvalue weighted by atomic mass is 10.2. The van der Waals surface area contributed by atoms with Gasteiger partial charge >= 0.3 is 0 Å². The summed E-state index contributed by atoms with van der Waals surface area (Å²) in [5, 5.41) is 4.43. The number of methoxy groups -OCH3 is 2. The van der Waals surface area contributed by atoms with Crippen molar-refractivity contribution in [3.8, 4) is 11.5 Å². The van der Waals surface area contributed by atoms with Gasteiger partial charge in [0.05, 0.1) is 43.1 Å². The quantitative estimate of drug-likeness (QED) is 0.278. The van der Waals surface area contributed by atoms with E-state index in [2.05, 4.69) is 10.3 Å². The lowest BCUT2D eigenvalue weighted by Gasteiger charge is -2.14. The van der Waals surface area contributed by atoms with Gasteiger partial charge in [0, 0.05) is 11.1 Å². The van der Waals surface area contributed by atoms with Crippen LogP contribution in [0.1, 0.15) is 5.56 Å². The van der Waals surface area contributed by atoms with Gasteiger partial charge in [0.2, 0.25) is 5.91 Å². The van der Waals surface area contributed by atoms with E-state index in [0.29, 0.717) is 44.8 Å². The van der Waals surface area contributed by atoms with Gasteiger partial charge in [-0.3, -0.25) is 14.2 Å². The van der Waals surface area contributed by atoms with Crippen molar-refractivity contribution in [2.75, 3.05) is 25.3 Å². The van der Waals surface area contributed by atoms with E-state index in [1.807, 2.05) is 18.2 Å². The molecular weight excluding hydrogens is 474 g/mol. The van der Waals surface area contributed by atoms with Gasteiger partial charge in [-0.05, 0) is 42.0 Å². The minimum Gasteiger partial charge on any atom is -0.497 e. The number of para-hydroxylation sites is 1. The molecule has 0 aliphatic carbocycles. The molecule has 0 saturated carbocycles. The monoisotopic (exact) mass is 495 g/mol. The Kier molecular flexibility index (Phi) is 7.40. The summed E-state index contributed by atoms with van der Waals surface area (Å²) in [6.07, 6.45) is 0. The standard InChI is InChI=1S/C25H22ClN3O4S/c1-32-18-11-12-21(22(13-18)33-2)27-23(30)15-34-25-28-20-6-4-3-5-19(20)24(31)29(25)14-16-7-9-17(26)10-8-16/h3-13H,14-15H2,1-2H3,(H,27,30). The fourth-order valence-corrected chi connectivity index (χ4v) is 4.31. The zero-order chi connectivity index (χ0) is 24.1. The predicted octanol–water partition coefficient (Wildman–Crippen LogP) is 4.85. The van der Waals surface area contributed by atoms with E-state index < -0.39 is 0 Å². The Morgan fingerprint density at radius 2 is 1.82 bits per heavy atom. The third-order valence-electron chi connectivity index (χ3n) is 5.10. The van der Waals surface area contributed by atoms with E-state index in [-0.39, 0.29) is 17.2 Å². The van der Waals surface area contributed by atoms with Crippen LogP contribution in [-0.2, 0) is 11.3 Å². The van der Waals surface area contributed by atoms with Crippen LogP contribution in [0.5, 0.6) is 11.5 Å². The first-order valence-electron chi connectivity index (χ1n) is 10.4. The number of ether oxygens (including phenoxy) is 2. The number of anilines is 1. The number of thioether (sulfide) groups is 1. The molecule has 0 atom stereocenters. The highest BCUT2D eigenvalue weighted by Crippen LogP contribution is 2.29. The number of nitrogens with one attached hydrogen (secondary N) is 1. The number of amides is 1. The van der Waals surface area contributed by atoms with Crippen LogP contribution in [-0.4, -0.2) is 35.4 Å². The summed E-state index contributed by atoms with van der Waals surface area (Å²) in [5.74, 6) is 0.909. The normalized spacial score (nSPS) is 10.8. The molecule has 0 fully saturated rings. The van der Waals surface area contributed by atoms with Crippen LogP contribution in [0, 0.1) is 0 Å². The maximum Gasteiger partial charge on any atom is 0.262 e. The van der Waals surface area contributed by atoms with Crippen molar-refractivity contribution in [3.05, 3.63) is 87.7 Å². The smallest absolute Gasteiger partial charge is 0.262 e. The molecule has 174 valence electrons. The van der Waals surface area contributed by atoms with Crippen LogP contribution >= 0.6 is 23.4 Å². The van der Waals surface area contributed by atoms with Crippen LogP contribution in [0.25, 0.3) is 10.9 Å². The molecular formula is C25H22ClN3O4S. The largest absolute Gasteiger partial charge is 0.497 e. The average Bonchev–Trinajstić information content (AvgIpc) is 2.86. The summed E-state index contributed by atoms with van der Waals surface area (Å²) < 4.78 is 12.1. The van der Waals surface area contributed by atoms with Crippen LogP contribution in [0.2, 0.25) is 5.02 Å². The highest BCUT2D eigenvalue weighted by Gasteiger charge is 2.15. The first-order valence-corrected chi connectivity index (χ1v) is 11.7. The second-order valence-electron chi connectivity index (χ2n) is 7.33. The molecule has 0 unspecified atom stereocenters. The Morgan fingerprint density at radius 1 is 1.06 bits per heavy atom. The highest BCUT2D eigenvalue weighted by molar-refractivity contribution is 7.99. The number of carbonyl (C=O) groups excluding carboxylic acids is 1. The molecule has 0 spiro atoms. The van der Waals surface area contributed by atoms with Crippen molar-refractivity contribution >= 4 is 45.9 Å². The number of benzene rings is 3. The minimum absolute atomic E-state index is 0.0561. The molecule has 0 bridgehead atoms. The molecule has 1 aromatic heterocycles. The van der Waals surface area contributed by atoms with E-state index in [1.165, 1.54) is 18.9 Å². The maximum absolute atomic E-state index is 13.3. The molecule has 1 amide bonds. The Bertz CT molecular complexity index is 1390. The Labute approximate surface area is 205 Å². The lowest BCUT2D eigenvalue weighted by Crippen LogP contribution is -2.25. The number of aromatic nitrogens is 2. The summed E-state index contributed by atoms with van der Waals surface area (Å²) in [6.45, 7) is 0.310. The molecule has 4 aromatic rings. The van der Waals surface area contributed by atoms with Crippen molar-refractivity contribution in [2.45, 2.75) is 11.7 Å². The zero-order valence-corrected chi connectivity index (χ0v) is 20.2. The van der Waals surface area contributed by atoms with Gasteiger partial charge < -0.3 is 14.8 Å². The molecule has 0 radical (unpaired) electrons. The lowest BCUT2D eigenvalue weighted by molar-refractivity contribution is -0.113. The molecule has 1 heterocycles. The van der Waals surface area contributed by atoms with E-state index in [4.69, 9.17) is 21.1 Å². The van der Waals surface area contributed by atoms with Crippen molar-refractivity contribution in [1.82, 2.24) is 9.55 Å². The first-order chi connectivity index (χ1) is 16.5. The third kappa shape index (κ3) is 5.35. The van der Waals surface area contributed by atoms with Crippen LogP contribution in [0.4, 0.5) is 5.69 Å². The molecule has 1 N–H and O–H groups in total. The Balaban J connectivity index is 1.59. The molecule has 0 aliphatic rings. The second-order valence-corrected chi connectivity index (χ2v) is 8.71. The Morgan fingerprint density at radius 3 is 2.56 bits per heavy atom. The van der Waals surface area contributed by atoms with E-state index >= 15 is 0 Å². The molecule has 7 nitrogen and oxygen atoms in total. The van der Waals surface area contributed by atoms with E-state index in [9.17, 15) is 9.59 Å². The van der Waals surface area contributed by atoms with Gasteiger partial charge in [0.1, 0.15) is 11.5 Å². The summed E-state index contributed by atoms with van der Waals surface area (Å²) in [7, 11) is 3.08. The molecule has 9 heteroatoms. The van der Waals surface area contributed by atoms with Crippen molar-refractivity contribution in [2.24, 2.45) is 0 Å². The molecule has 4 rings (SSSR count). The molecule has 0 saturated heterocycles. The number of rotatable bonds is 8. The van der Waals surface area contributed by atoms with Crippen LogP contribution < -0.4 is 20.3 Å². The van der Waals surface area contributed by atoms with Gasteiger partial charge in [-0.25, -0.2) is 4.98 Å². The van der Waals surface area contributed by atoms with Crippen molar-refractivity contribution in [1.29, 1.82) is 0 Å². The van der Waals surface area contributed by atoms with Crippen molar-refractivity contribution < 1.29 is 14.3 Å². The maximum atomic E-state index is 13.3. The van der Waals surface area contributed by atoms with Crippen LogP contribution in [0.15, 0.2) is 76.7 Å². The summed E-state index contributed by atoms with van der Waals surface area (Å²) in [6, 6.07) is 19.6. The zero-order valence-electron chi connectivity index (χ0n) is 18.6. The number of hydrogen-bond donors (Lipinski definition) is 1. The highest BCUT2D eigenvalue weighted by atomic mass is 35.5. The SMILES string of the molecule is COc1ccc(NC(=O)CSc2nc3ccccc3c(=O)n2Cc2ccc(Cl)cc2)c(OC)c1. The molecule has 34 heavy (non-hydrogen) atoms. The van der Waals surface area contributed by atoms with Gasteiger partial charge in [-0.2, -0.15) is 0 Å².